The molecule has 0 bridgehead atoms. The first-order valence-corrected chi connectivity index (χ1v) is 6.82. The van der Waals surface area contributed by atoms with Gasteiger partial charge in [0, 0.05) is 6.42 Å². The molecule has 0 radical (unpaired) electrons. The molecule has 1 aromatic rings. The van der Waals surface area contributed by atoms with E-state index in [1.165, 1.54) is 12.2 Å². The highest BCUT2D eigenvalue weighted by molar-refractivity contribution is 7.99. The molecule has 0 amide bonds. The summed E-state index contributed by atoms with van der Waals surface area (Å²) in [7, 11) is 0. The zero-order chi connectivity index (χ0) is 11.6. The summed E-state index contributed by atoms with van der Waals surface area (Å²) >= 11 is 1.89. The maximum absolute atomic E-state index is 11.4. The summed E-state index contributed by atoms with van der Waals surface area (Å²) in [4.78, 5) is 11.4. The van der Waals surface area contributed by atoms with Crippen molar-refractivity contribution in [3.8, 4) is 5.75 Å². The van der Waals surface area contributed by atoms with Gasteiger partial charge >= 0.3 is 5.97 Å². The molecule has 0 aliphatic heterocycles. The second-order valence-corrected chi connectivity index (χ2v) is 4.73. The molecule has 0 unspecified atom stereocenters. The molecule has 16 heavy (non-hydrogen) atoms. The number of thioether (sulfide) groups is 1. The third kappa shape index (κ3) is 5.81. The molecule has 0 spiro atoms. The second-order valence-electron chi connectivity index (χ2n) is 3.50. The number of rotatable bonds is 7. The predicted octanol–water partition coefficient (Wildman–Crippen LogP) is 3.52. The van der Waals surface area contributed by atoms with Crippen LogP contribution in [0.25, 0.3) is 0 Å². The van der Waals surface area contributed by atoms with E-state index >= 15 is 0 Å². The highest BCUT2D eigenvalue weighted by Crippen LogP contribution is 2.11. The molecule has 3 heteroatoms. The fourth-order valence-corrected chi connectivity index (χ4v) is 2.08. The van der Waals surface area contributed by atoms with E-state index in [9.17, 15) is 4.79 Å². The van der Waals surface area contributed by atoms with E-state index in [1.807, 2.05) is 30.0 Å². The minimum atomic E-state index is -0.136. The van der Waals surface area contributed by atoms with Gasteiger partial charge in [-0.05, 0) is 36.5 Å². The normalized spacial score (nSPS) is 10.1. The Morgan fingerprint density at radius 3 is 2.69 bits per heavy atom. The van der Waals surface area contributed by atoms with Crippen LogP contribution >= 0.6 is 11.8 Å². The highest BCUT2D eigenvalue weighted by atomic mass is 32.2. The Morgan fingerprint density at radius 1 is 1.25 bits per heavy atom. The second kappa shape index (κ2) is 8.22. The summed E-state index contributed by atoms with van der Waals surface area (Å²) in [6, 6.07) is 9.21. The molecule has 0 aromatic heterocycles. The van der Waals surface area contributed by atoms with Gasteiger partial charge in [-0.1, -0.05) is 25.1 Å². The smallest absolute Gasteiger partial charge is 0.311 e. The van der Waals surface area contributed by atoms with Crippen molar-refractivity contribution < 1.29 is 9.53 Å². The summed E-state index contributed by atoms with van der Waals surface area (Å²) in [6.45, 7) is 2.16. The van der Waals surface area contributed by atoms with Crippen molar-refractivity contribution >= 4 is 17.7 Å². The van der Waals surface area contributed by atoms with Crippen LogP contribution in [0.15, 0.2) is 30.3 Å². The van der Waals surface area contributed by atoms with Gasteiger partial charge in [-0.3, -0.25) is 4.79 Å². The molecular formula is C13H18O2S. The van der Waals surface area contributed by atoms with Crippen LogP contribution in [-0.4, -0.2) is 17.5 Å². The lowest BCUT2D eigenvalue weighted by atomic mass is 10.3. The van der Waals surface area contributed by atoms with Gasteiger partial charge in [0.2, 0.25) is 0 Å². The molecule has 0 N–H and O–H groups in total. The maximum atomic E-state index is 11.4. The van der Waals surface area contributed by atoms with E-state index in [0.29, 0.717) is 12.2 Å². The zero-order valence-corrected chi connectivity index (χ0v) is 10.5. The van der Waals surface area contributed by atoms with E-state index in [2.05, 4.69) is 6.92 Å². The van der Waals surface area contributed by atoms with Crippen LogP contribution in [0.3, 0.4) is 0 Å². The molecule has 1 aromatic carbocycles. The topological polar surface area (TPSA) is 26.3 Å². The summed E-state index contributed by atoms with van der Waals surface area (Å²) in [5.74, 6) is 2.71. The Balaban J connectivity index is 2.12. The van der Waals surface area contributed by atoms with Crippen LogP contribution < -0.4 is 4.74 Å². The van der Waals surface area contributed by atoms with E-state index in [1.54, 1.807) is 12.1 Å². The van der Waals surface area contributed by atoms with Crippen molar-refractivity contribution in [3.63, 3.8) is 0 Å². The van der Waals surface area contributed by atoms with Crippen LogP contribution in [0.2, 0.25) is 0 Å². The fourth-order valence-electron chi connectivity index (χ4n) is 1.24. The van der Waals surface area contributed by atoms with Gasteiger partial charge in [-0.15, -0.1) is 0 Å². The summed E-state index contributed by atoms with van der Waals surface area (Å²) in [6.07, 6.45) is 2.60. The van der Waals surface area contributed by atoms with Gasteiger partial charge < -0.3 is 4.74 Å². The average Bonchev–Trinajstić information content (AvgIpc) is 2.30. The average molecular weight is 238 g/mol. The largest absolute Gasteiger partial charge is 0.427 e. The Bertz CT molecular complexity index is 298. The Kier molecular flexibility index (Phi) is 6.74. The number of benzene rings is 1. The lowest BCUT2D eigenvalue weighted by Gasteiger charge is -2.03. The van der Waals surface area contributed by atoms with E-state index in [-0.39, 0.29) is 5.97 Å². The van der Waals surface area contributed by atoms with Gasteiger partial charge in [0.15, 0.2) is 0 Å². The predicted molar refractivity (Wildman–Crippen MR) is 68.9 cm³/mol. The Morgan fingerprint density at radius 2 is 2.00 bits per heavy atom. The molecule has 0 saturated carbocycles. The van der Waals surface area contributed by atoms with E-state index in [0.717, 1.165) is 12.2 Å². The van der Waals surface area contributed by atoms with Crippen molar-refractivity contribution in [2.24, 2.45) is 0 Å². The van der Waals surface area contributed by atoms with Gasteiger partial charge in [-0.25, -0.2) is 0 Å². The molecule has 1 rings (SSSR count). The Labute approximate surface area is 101 Å². The summed E-state index contributed by atoms with van der Waals surface area (Å²) in [5, 5.41) is 0. The third-order valence-corrected chi connectivity index (χ3v) is 3.27. The Hall–Kier alpha value is -0.960. The van der Waals surface area contributed by atoms with Crippen LogP contribution in [0.5, 0.6) is 5.75 Å². The first-order chi connectivity index (χ1) is 7.83. The minimum absolute atomic E-state index is 0.136. The van der Waals surface area contributed by atoms with Crippen molar-refractivity contribution in [2.75, 3.05) is 11.5 Å². The molecule has 0 fully saturated rings. The van der Waals surface area contributed by atoms with Gasteiger partial charge in [0.05, 0.1) is 0 Å². The van der Waals surface area contributed by atoms with E-state index in [4.69, 9.17) is 4.74 Å². The maximum Gasteiger partial charge on any atom is 0.311 e. The number of hydrogen-bond donors (Lipinski definition) is 0. The van der Waals surface area contributed by atoms with Crippen molar-refractivity contribution in [1.82, 2.24) is 0 Å². The molecule has 0 aliphatic carbocycles. The lowest BCUT2D eigenvalue weighted by Crippen LogP contribution is -2.07. The lowest BCUT2D eigenvalue weighted by molar-refractivity contribution is -0.134. The van der Waals surface area contributed by atoms with Crippen LogP contribution in [-0.2, 0) is 4.79 Å². The number of carbonyl (C=O) groups excluding carboxylic acids is 1. The number of esters is 1. The molecule has 0 heterocycles. The van der Waals surface area contributed by atoms with Gasteiger partial charge in [0.1, 0.15) is 5.75 Å². The van der Waals surface area contributed by atoms with Crippen molar-refractivity contribution in [2.45, 2.75) is 26.2 Å². The van der Waals surface area contributed by atoms with Crippen molar-refractivity contribution in [3.05, 3.63) is 30.3 Å². The standard InChI is InChI=1S/C13H18O2S/c1-2-10-16-11-6-9-13(14)15-12-7-4-3-5-8-12/h3-5,7-8H,2,6,9-11H2,1H3. The van der Waals surface area contributed by atoms with Gasteiger partial charge in [-0.2, -0.15) is 11.8 Å². The molecule has 2 nitrogen and oxygen atoms in total. The summed E-state index contributed by atoms with van der Waals surface area (Å²) < 4.78 is 5.17. The molecule has 88 valence electrons. The number of carbonyl (C=O) groups is 1. The first kappa shape index (κ1) is 13.1. The summed E-state index contributed by atoms with van der Waals surface area (Å²) in [5.41, 5.74) is 0. The first-order valence-electron chi connectivity index (χ1n) is 5.66. The number of hydrogen-bond acceptors (Lipinski definition) is 3. The van der Waals surface area contributed by atoms with Crippen LogP contribution in [0, 0.1) is 0 Å². The number of ether oxygens (including phenoxy) is 1. The number of para-hydroxylation sites is 1. The van der Waals surface area contributed by atoms with Crippen LogP contribution in [0.1, 0.15) is 26.2 Å². The molecule has 0 aliphatic rings. The molecular weight excluding hydrogens is 220 g/mol. The van der Waals surface area contributed by atoms with E-state index < -0.39 is 0 Å². The van der Waals surface area contributed by atoms with Gasteiger partial charge in [0.25, 0.3) is 0 Å². The fraction of sp³-hybridized carbons (Fsp3) is 0.462. The van der Waals surface area contributed by atoms with Crippen molar-refractivity contribution in [1.29, 1.82) is 0 Å². The van der Waals surface area contributed by atoms with Crippen LogP contribution in [0.4, 0.5) is 0 Å². The quantitative estimate of drug-likeness (QED) is 0.413. The highest BCUT2D eigenvalue weighted by Gasteiger charge is 2.03. The minimum Gasteiger partial charge on any atom is -0.427 e. The SMILES string of the molecule is CCCSCCCC(=O)Oc1ccccc1. The zero-order valence-electron chi connectivity index (χ0n) is 9.65. The monoisotopic (exact) mass is 238 g/mol. The third-order valence-electron chi connectivity index (χ3n) is 1.99. The molecule has 0 atom stereocenters. The molecule has 0 saturated heterocycles.